The molecule has 0 radical (unpaired) electrons. The van der Waals surface area contributed by atoms with Gasteiger partial charge in [0.25, 0.3) is 5.91 Å². The average molecular weight is 275 g/mol. The van der Waals surface area contributed by atoms with E-state index in [-0.39, 0.29) is 5.91 Å². The number of nitrogens with zero attached hydrogens (tertiary/aromatic N) is 1. The SMILES string of the molecule is CN(C)C(=O)c1ccc(N)c(NCC2CCCCC2)c1. The molecule has 0 atom stereocenters. The van der Waals surface area contributed by atoms with Crippen molar-refractivity contribution in [1.29, 1.82) is 0 Å². The standard InChI is InChI=1S/C16H25N3O/c1-19(2)16(20)13-8-9-14(17)15(10-13)18-11-12-6-4-3-5-7-12/h8-10,12,18H,3-7,11,17H2,1-2H3. The molecule has 1 aromatic rings. The fourth-order valence-corrected chi connectivity index (χ4v) is 2.75. The van der Waals surface area contributed by atoms with E-state index < -0.39 is 0 Å². The number of nitrogen functional groups attached to an aromatic ring is 1. The largest absolute Gasteiger partial charge is 0.397 e. The molecule has 110 valence electrons. The zero-order chi connectivity index (χ0) is 14.5. The Morgan fingerprint density at radius 2 is 2.00 bits per heavy atom. The molecule has 0 unspecified atom stereocenters. The van der Waals surface area contributed by atoms with Crippen LogP contribution >= 0.6 is 0 Å². The second-order valence-electron chi connectivity index (χ2n) is 5.89. The molecule has 0 spiro atoms. The van der Waals surface area contributed by atoms with E-state index >= 15 is 0 Å². The van der Waals surface area contributed by atoms with Gasteiger partial charge in [0.05, 0.1) is 11.4 Å². The first-order chi connectivity index (χ1) is 9.58. The summed E-state index contributed by atoms with van der Waals surface area (Å²) in [5.41, 5.74) is 8.25. The van der Waals surface area contributed by atoms with Crippen LogP contribution in [0.5, 0.6) is 0 Å². The van der Waals surface area contributed by atoms with E-state index in [0.717, 1.165) is 18.2 Å². The normalized spacial score (nSPS) is 15.9. The van der Waals surface area contributed by atoms with Gasteiger partial charge >= 0.3 is 0 Å². The monoisotopic (exact) mass is 275 g/mol. The Bertz CT molecular complexity index is 465. The molecule has 0 aliphatic heterocycles. The van der Waals surface area contributed by atoms with E-state index in [1.807, 2.05) is 6.07 Å². The predicted octanol–water partition coefficient (Wildman–Crippen LogP) is 2.96. The zero-order valence-electron chi connectivity index (χ0n) is 12.5. The first-order valence-corrected chi connectivity index (χ1v) is 7.43. The van der Waals surface area contributed by atoms with E-state index in [4.69, 9.17) is 5.73 Å². The predicted molar refractivity (Wildman–Crippen MR) is 83.9 cm³/mol. The number of benzene rings is 1. The molecule has 1 aromatic carbocycles. The molecular formula is C16H25N3O. The van der Waals surface area contributed by atoms with Crippen molar-refractivity contribution in [3.63, 3.8) is 0 Å². The van der Waals surface area contributed by atoms with Crippen LogP contribution < -0.4 is 11.1 Å². The van der Waals surface area contributed by atoms with Crippen LogP contribution in [0.4, 0.5) is 11.4 Å². The molecule has 4 nitrogen and oxygen atoms in total. The van der Waals surface area contributed by atoms with Crippen LogP contribution in [0.25, 0.3) is 0 Å². The maximum Gasteiger partial charge on any atom is 0.253 e. The first-order valence-electron chi connectivity index (χ1n) is 7.43. The fraction of sp³-hybridized carbons (Fsp3) is 0.562. The van der Waals surface area contributed by atoms with Crippen LogP contribution in [-0.2, 0) is 0 Å². The van der Waals surface area contributed by atoms with Crippen molar-refractivity contribution in [2.75, 3.05) is 31.7 Å². The molecule has 20 heavy (non-hydrogen) atoms. The van der Waals surface area contributed by atoms with Gasteiger partial charge in [-0.2, -0.15) is 0 Å². The number of hydrogen-bond acceptors (Lipinski definition) is 3. The van der Waals surface area contributed by atoms with Crippen molar-refractivity contribution >= 4 is 17.3 Å². The van der Waals surface area contributed by atoms with Crippen molar-refractivity contribution in [1.82, 2.24) is 4.90 Å². The summed E-state index contributed by atoms with van der Waals surface area (Å²) in [4.78, 5) is 13.6. The highest BCUT2D eigenvalue weighted by Crippen LogP contribution is 2.26. The maximum atomic E-state index is 12.0. The number of rotatable bonds is 4. The van der Waals surface area contributed by atoms with Gasteiger partial charge in [-0.05, 0) is 37.0 Å². The Morgan fingerprint density at radius 1 is 1.30 bits per heavy atom. The minimum atomic E-state index is 0.00529. The van der Waals surface area contributed by atoms with E-state index in [1.165, 1.54) is 32.1 Å². The van der Waals surface area contributed by atoms with Crippen LogP contribution in [0.1, 0.15) is 42.5 Å². The van der Waals surface area contributed by atoms with Crippen molar-refractivity contribution in [3.8, 4) is 0 Å². The molecule has 0 aromatic heterocycles. The van der Waals surface area contributed by atoms with E-state index in [1.54, 1.807) is 31.1 Å². The summed E-state index contributed by atoms with van der Waals surface area (Å²) in [7, 11) is 3.52. The molecule has 1 amide bonds. The quantitative estimate of drug-likeness (QED) is 0.831. The third-order valence-corrected chi connectivity index (χ3v) is 4.01. The minimum absolute atomic E-state index is 0.00529. The number of hydrogen-bond donors (Lipinski definition) is 2. The van der Waals surface area contributed by atoms with Gasteiger partial charge in [-0.3, -0.25) is 4.79 Å². The molecule has 2 rings (SSSR count). The summed E-state index contributed by atoms with van der Waals surface area (Å²) in [6.45, 7) is 0.948. The van der Waals surface area contributed by atoms with Crippen LogP contribution in [0.2, 0.25) is 0 Å². The van der Waals surface area contributed by atoms with Gasteiger partial charge in [0.15, 0.2) is 0 Å². The third kappa shape index (κ3) is 3.65. The van der Waals surface area contributed by atoms with E-state index in [9.17, 15) is 4.79 Å². The number of carbonyl (C=O) groups is 1. The number of nitrogens with one attached hydrogen (secondary N) is 1. The van der Waals surface area contributed by atoms with Crippen LogP contribution in [0, 0.1) is 5.92 Å². The Morgan fingerprint density at radius 3 is 2.65 bits per heavy atom. The minimum Gasteiger partial charge on any atom is -0.397 e. The van der Waals surface area contributed by atoms with Gasteiger partial charge < -0.3 is 16.0 Å². The van der Waals surface area contributed by atoms with Crippen molar-refractivity contribution in [2.24, 2.45) is 5.92 Å². The molecule has 1 saturated carbocycles. The molecule has 0 saturated heterocycles. The molecule has 1 aliphatic carbocycles. The van der Waals surface area contributed by atoms with Gasteiger partial charge in [0.1, 0.15) is 0 Å². The Labute approximate surface area is 121 Å². The maximum absolute atomic E-state index is 12.0. The molecule has 0 heterocycles. The van der Waals surface area contributed by atoms with Gasteiger partial charge in [-0.15, -0.1) is 0 Å². The molecular weight excluding hydrogens is 250 g/mol. The lowest BCUT2D eigenvalue weighted by Gasteiger charge is -2.23. The highest BCUT2D eigenvalue weighted by molar-refractivity contribution is 5.95. The second-order valence-corrected chi connectivity index (χ2v) is 5.89. The number of amides is 1. The summed E-state index contributed by atoms with van der Waals surface area (Å²) in [6, 6.07) is 5.45. The van der Waals surface area contributed by atoms with E-state index in [2.05, 4.69) is 5.32 Å². The molecule has 3 N–H and O–H groups in total. The number of carbonyl (C=O) groups excluding carboxylic acids is 1. The first kappa shape index (κ1) is 14.7. The summed E-state index contributed by atoms with van der Waals surface area (Å²) in [6.07, 6.45) is 6.62. The molecule has 1 fully saturated rings. The lowest BCUT2D eigenvalue weighted by molar-refractivity contribution is 0.0827. The third-order valence-electron chi connectivity index (χ3n) is 4.01. The topological polar surface area (TPSA) is 58.4 Å². The van der Waals surface area contributed by atoms with Crippen molar-refractivity contribution < 1.29 is 4.79 Å². The second kappa shape index (κ2) is 6.64. The molecule has 1 aliphatic rings. The highest BCUT2D eigenvalue weighted by Gasteiger charge is 2.14. The summed E-state index contributed by atoms with van der Waals surface area (Å²) < 4.78 is 0. The molecule has 4 heteroatoms. The lowest BCUT2D eigenvalue weighted by Crippen LogP contribution is -2.22. The summed E-state index contributed by atoms with van der Waals surface area (Å²) >= 11 is 0. The Kier molecular flexibility index (Phi) is 4.88. The van der Waals surface area contributed by atoms with Crippen molar-refractivity contribution in [2.45, 2.75) is 32.1 Å². The highest BCUT2D eigenvalue weighted by atomic mass is 16.2. The smallest absolute Gasteiger partial charge is 0.253 e. The average Bonchev–Trinajstić information content (AvgIpc) is 2.46. The van der Waals surface area contributed by atoms with Crippen LogP contribution in [0.15, 0.2) is 18.2 Å². The fourth-order valence-electron chi connectivity index (χ4n) is 2.75. The van der Waals surface area contributed by atoms with Gasteiger partial charge in [-0.1, -0.05) is 19.3 Å². The Hall–Kier alpha value is -1.71. The summed E-state index contributed by atoms with van der Waals surface area (Å²) in [5.74, 6) is 0.738. The van der Waals surface area contributed by atoms with Crippen molar-refractivity contribution in [3.05, 3.63) is 23.8 Å². The lowest BCUT2D eigenvalue weighted by atomic mass is 9.89. The number of nitrogens with two attached hydrogens (primary N) is 1. The Balaban J connectivity index is 2.02. The van der Waals surface area contributed by atoms with E-state index in [0.29, 0.717) is 11.3 Å². The van der Waals surface area contributed by atoms with Gasteiger partial charge in [0.2, 0.25) is 0 Å². The van der Waals surface area contributed by atoms with Gasteiger partial charge in [-0.25, -0.2) is 0 Å². The van der Waals surface area contributed by atoms with Gasteiger partial charge in [0, 0.05) is 26.2 Å². The molecule has 0 bridgehead atoms. The zero-order valence-corrected chi connectivity index (χ0v) is 12.5. The number of anilines is 2. The summed E-state index contributed by atoms with van der Waals surface area (Å²) in [5, 5.41) is 3.42. The van der Waals surface area contributed by atoms with Crippen LogP contribution in [0.3, 0.4) is 0 Å². The van der Waals surface area contributed by atoms with Crippen LogP contribution in [-0.4, -0.2) is 31.4 Å².